The fourth-order valence-electron chi connectivity index (χ4n) is 1.99. The summed E-state index contributed by atoms with van der Waals surface area (Å²) in [5.74, 6) is 1.33. The molecule has 0 aliphatic carbocycles. The van der Waals surface area contributed by atoms with E-state index >= 15 is 0 Å². The van der Waals surface area contributed by atoms with E-state index in [0.29, 0.717) is 17.9 Å². The number of ether oxygens (including phenoxy) is 2. The van der Waals surface area contributed by atoms with E-state index in [1.165, 1.54) is 0 Å². The Bertz CT molecular complexity index is 660. The smallest absolute Gasteiger partial charge is 0.136 e. The SMILES string of the molecule is COc1ccc(COc2cccc([C@@H](C)N)c2)cc1C#N. The van der Waals surface area contributed by atoms with Crippen molar-refractivity contribution in [3.8, 4) is 17.6 Å². The first-order valence-electron chi connectivity index (χ1n) is 6.69. The van der Waals surface area contributed by atoms with Crippen LogP contribution in [0.25, 0.3) is 0 Å². The highest BCUT2D eigenvalue weighted by Gasteiger charge is 2.05. The zero-order valence-electron chi connectivity index (χ0n) is 12.2. The van der Waals surface area contributed by atoms with Gasteiger partial charge < -0.3 is 15.2 Å². The first kappa shape index (κ1) is 14.9. The fourth-order valence-corrected chi connectivity index (χ4v) is 1.99. The fraction of sp³-hybridized carbons (Fsp3) is 0.235. The molecule has 0 aliphatic rings. The van der Waals surface area contributed by atoms with Crippen molar-refractivity contribution in [1.82, 2.24) is 0 Å². The summed E-state index contributed by atoms with van der Waals surface area (Å²) in [5, 5.41) is 9.07. The van der Waals surface area contributed by atoms with Crippen molar-refractivity contribution in [3.63, 3.8) is 0 Å². The molecule has 2 aromatic rings. The largest absolute Gasteiger partial charge is 0.495 e. The van der Waals surface area contributed by atoms with Gasteiger partial charge in [-0.25, -0.2) is 0 Å². The third-order valence-electron chi connectivity index (χ3n) is 3.17. The molecule has 0 heterocycles. The molecule has 0 spiro atoms. The number of benzene rings is 2. The minimum absolute atomic E-state index is 0.0280. The third-order valence-corrected chi connectivity index (χ3v) is 3.17. The van der Waals surface area contributed by atoms with Crippen LogP contribution >= 0.6 is 0 Å². The Hall–Kier alpha value is -2.51. The molecule has 0 amide bonds. The van der Waals surface area contributed by atoms with E-state index in [4.69, 9.17) is 20.5 Å². The van der Waals surface area contributed by atoms with Gasteiger partial charge in [-0.1, -0.05) is 18.2 Å². The van der Waals surface area contributed by atoms with Gasteiger partial charge in [-0.05, 0) is 42.3 Å². The highest BCUT2D eigenvalue weighted by atomic mass is 16.5. The number of nitrogens with two attached hydrogens (primary N) is 1. The molecule has 4 heteroatoms. The average molecular weight is 282 g/mol. The lowest BCUT2D eigenvalue weighted by Crippen LogP contribution is -2.05. The number of methoxy groups -OCH3 is 1. The molecule has 0 aliphatic heterocycles. The quantitative estimate of drug-likeness (QED) is 0.914. The number of nitriles is 1. The lowest BCUT2D eigenvalue weighted by Gasteiger charge is -2.11. The Balaban J connectivity index is 2.10. The van der Waals surface area contributed by atoms with Crippen molar-refractivity contribution >= 4 is 0 Å². The number of hydrogen-bond acceptors (Lipinski definition) is 4. The maximum Gasteiger partial charge on any atom is 0.136 e. The Morgan fingerprint density at radius 1 is 1.24 bits per heavy atom. The monoisotopic (exact) mass is 282 g/mol. The van der Waals surface area contributed by atoms with Gasteiger partial charge in [0.2, 0.25) is 0 Å². The zero-order chi connectivity index (χ0) is 15.2. The number of hydrogen-bond donors (Lipinski definition) is 1. The summed E-state index contributed by atoms with van der Waals surface area (Å²) in [6.07, 6.45) is 0. The summed E-state index contributed by atoms with van der Waals surface area (Å²) in [4.78, 5) is 0. The van der Waals surface area contributed by atoms with E-state index in [0.717, 1.165) is 16.9 Å². The molecule has 2 rings (SSSR count). The topological polar surface area (TPSA) is 68.3 Å². The highest BCUT2D eigenvalue weighted by Crippen LogP contribution is 2.21. The van der Waals surface area contributed by atoms with E-state index in [1.807, 2.05) is 37.3 Å². The summed E-state index contributed by atoms with van der Waals surface area (Å²) in [5.41, 5.74) is 8.30. The van der Waals surface area contributed by atoms with Crippen LogP contribution in [-0.4, -0.2) is 7.11 Å². The van der Waals surface area contributed by atoms with Gasteiger partial charge in [0.25, 0.3) is 0 Å². The minimum atomic E-state index is -0.0280. The molecule has 0 unspecified atom stereocenters. The standard InChI is InChI=1S/C17H18N2O2/c1-12(19)14-4-3-5-16(9-14)21-11-13-6-7-17(20-2)15(8-13)10-18/h3-9,12H,11,19H2,1-2H3/t12-/m1/s1. The van der Waals surface area contributed by atoms with Gasteiger partial charge in [-0.15, -0.1) is 0 Å². The second-order valence-electron chi connectivity index (χ2n) is 4.80. The van der Waals surface area contributed by atoms with Gasteiger partial charge in [0.1, 0.15) is 24.2 Å². The van der Waals surface area contributed by atoms with Crippen LogP contribution in [-0.2, 0) is 6.61 Å². The maximum atomic E-state index is 9.07. The highest BCUT2D eigenvalue weighted by molar-refractivity contribution is 5.45. The second-order valence-corrected chi connectivity index (χ2v) is 4.80. The van der Waals surface area contributed by atoms with Gasteiger partial charge in [0.05, 0.1) is 12.7 Å². The predicted molar refractivity (Wildman–Crippen MR) is 81.1 cm³/mol. The summed E-state index contributed by atoms with van der Waals surface area (Å²) >= 11 is 0. The zero-order valence-corrected chi connectivity index (χ0v) is 12.2. The summed E-state index contributed by atoms with van der Waals surface area (Å²) < 4.78 is 10.9. The second kappa shape index (κ2) is 6.78. The number of rotatable bonds is 5. The molecule has 4 nitrogen and oxygen atoms in total. The predicted octanol–water partition coefficient (Wildman–Crippen LogP) is 3.17. The molecule has 2 aromatic carbocycles. The van der Waals surface area contributed by atoms with Gasteiger partial charge >= 0.3 is 0 Å². The lowest BCUT2D eigenvalue weighted by molar-refractivity contribution is 0.305. The molecule has 0 bridgehead atoms. The molecular formula is C17H18N2O2. The van der Waals surface area contributed by atoms with Crippen LogP contribution in [0.4, 0.5) is 0 Å². The van der Waals surface area contributed by atoms with E-state index < -0.39 is 0 Å². The van der Waals surface area contributed by atoms with Gasteiger partial charge in [-0.3, -0.25) is 0 Å². The maximum absolute atomic E-state index is 9.07. The van der Waals surface area contributed by atoms with Crippen molar-refractivity contribution in [2.75, 3.05) is 7.11 Å². The van der Waals surface area contributed by atoms with Gasteiger partial charge in [0, 0.05) is 6.04 Å². The summed E-state index contributed by atoms with van der Waals surface area (Å²) in [7, 11) is 1.55. The van der Waals surface area contributed by atoms with Crippen molar-refractivity contribution in [2.24, 2.45) is 5.73 Å². The van der Waals surface area contributed by atoms with Gasteiger partial charge in [-0.2, -0.15) is 5.26 Å². The molecule has 108 valence electrons. The van der Waals surface area contributed by atoms with Gasteiger partial charge in [0.15, 0.2) is 0 Å². The Labute approximate surface area is 124 Å². The summed E-state index contributed by atoms with van der Waals surface area (Å²) in [6, 6.07) is 15.2. The molecule has 2 N–H and O–H groups in total. The molecule has 1 atom stereocenters. The molecule has 0 aromatic heterocycles. The molecule has 0 radical (unpaired) electrons. The first-order chi connectivity index (χ1) is 10.1. The van der Waals surface area contributed by atoms with Crippen LogP contribution in [0.3, 0.4) is 0 Å². The Morgan fingerprint density at radius 3 is 2.71 bits per heavy atom. The molecule has 0 saturated heterocycles. The van der Waals surface area contributed by atoms with Crippen LogP contribution in [0, 0.1) is 11.3 Å². The van der Waals surface area contributed by atoms with Crippen molar-refractivity contribution in [1.29, 1.82) is 5.26 Å². The van der Waals surface area contributed by atoms with Crippen LogP contribution in [0.1, 0.15) is 29.7 Å². The average Bonchev–Trinajstić information content (AvgIpc) is 2.52. The van der Waals surface area contributed by atoms with Crippen molar-refractivity contribution in [3.05, 3.63) is 59.2 Å². The van der Waals surface area contributed by atoms with Crippen LogP contribution in [0.15, 0.2) is 42.5 Å². The lowest BCUT2D eigenvalue weighted by atomic mass is 10.1. The summed E-state index contributed by atoms with van der Waals surface area (Å²) in [6.45, 7) is 2.32. The Kier molecular flexibility index (Phi) is 4.81. The third kappa shape index (κ3) is 3.74. The molecule has 0 saturated carbocycles. The van der Waals surface area contributed by atoms with Crippen LogP contribution in [0.2, 0.25) is 0 Å². The first-order valence-corrected chi connectivity index (χ1v) is 6.69. The minimum Gasteiger partial charge on any atom is -0.495 e. The van der Waals surface area contributed by atoms with E-state index in [2.05, 4.69) is 6.07 Å². The van der Waals surface area contributed by atoms with Crippen molar-refractivity contribution in [2.45, 2.75) is 19.6 Å². The van der Waals surface area contributed by atoms with Crippen LogP contribution in [0.5, 0.6) is 11.5 Å². The van der Waals surface area contributed by atoms with E-state index in [1.54, 1.807) is 19.2 Å². The molecule has 21 heavy (non-hydrogen) atoms. The normalized spacial score (nSPS) is 11.5. The van der Waals surface area contributed by atoms with E-state index in [9.17, 15) is 0 Å². The van der Waals surface area contributed by atoms with E-state index in [-0.39, 0.29) is 6.04 Å². The number of nitrogens with zero attached hydrogens (tertiary/aromatic N) is 1. The Morgan fingerprint density at radius 2 is 2.05 bits per heavy atom. The van der Waals surface area contributed by atoms with Crippen molar-refractivity contribution < 1.29 is 9.47 Å². The molecular weight excluding hydrogens is 264 g/mol. The molecule has 0 fully saturated rings. The van der Waals surface area contributed by atoms with Crippen LogP contribution < -0.4 is 15.2 Å².